The fourth-order valence-electron chi connectivity index (χ4n) is 4.42. The maximum Gasteiger partial charge on any atom is 0.384 e. The van der Waals surface area contributed by atoms with Crippen LogP contribution in [0.15, 0.2) is 36.5 Å². The highest BCUT2D eigenvalue weighted by Crippen LogP contribution is 2.61. The molecule has 0 rings (SSSR count). The lowest BCUT2D eigenvalue weighted by molar-refractivity contribution is -0.426. The van der Waals surface area contributed by atoms with E-state index < -0.39 is 135 Å². The number of hydrogen-bond acceptors (Lipinski definition) is 9. The molecule has 0 fully saturated rings. The van der Waals surface area contributed by atoms with Crippen LogP contribution in [-0.2, 0) is 38.1 Å². The number of rotatable bonds is 29. The standard InChI is InChI=1S/C34H46F12O9/c1-7-8-9-10-11-12-29(35,36)31(39,40)33(43,44)34(45,46)32(41,42)30(37,38)14-13-28(19-53-25(48)22(2)3,20-54-26(49)23(4)17-51-6)21-55-27(50)24(5)18-52-16-15-47/h47H,2,4-5,7-21H2,1,3,6H3. The van der Waals surface area contributed by atoms with Gasteiger partial charge >= 0.3 is 53.4 Å². The minimum atomic E-state index is -7.85. The van der Waals surface area contributed by atoms with E-state index in [1.807, 2.05) is 0 Å². The first-order chi connectivity index (χ1) is 25.1. The highest BCUT2D eigenvalue weighted by atomic mass is 19.4. The molecule has 0 spiro atoms. The summed E-state index contributed by atoms with van der Waals surface area (Å²) in [6, 6.07) is 0. The maximum absolute atomic E-state index is 15.2. The summed E-state index contributed by atoms with van der Waals surface area (Å²) >= 11 is 0. The third kappa shape index (κ3) is 13.4. The van der Waals surface area contributed by atoms with Crippen molar-refractivity contribution in [1.29, 1.82) is 0 Å². The Morgan fingerprint density at radius 3 is 1.42 bits per heavy atom. The summed E-state index contributed by atoms with van der Waals surface area (Å²) in [4.78, 5) is 37.2. The number of aliphatic hydroxyl groups is 1. The second-order valence-corrected chi connectivity index (χ2v) is 12.8. The number of hydrogen-bond donors (Lipinski definition) is 1. The average molecular weight is 827 g/mol. The van der Waals surface area contributed by atoms with Crippen LogP contribution >= 0.6 is 0 Å². The predicted molar refractivity (Wildman–Crippen MR) is 170 cm³/mol. The molecule has 0 aromatic carbocycles. The molecule has 0 saturated heterocycles. The number of halogens is 12. The van der Waals surface area contributed by atoms with E-state index >= 15 is 8.78 Å². The van der Waals surface area contributed by atoms with Crippen LogP contribution in [0.25, 0.3) is 0 Å². The van der Waals surface area contributed by atoms with Crippen LogP contribution in [0.1, 0.15) is 65.2 Å². The zero-order valence-electron chi connectivity index (χ0n) is 30.5. The van der Waals surface area contributed by atoms with Gasteiger partial charge in [0.2, 0.25) is 0 Å². The summed E-state index contributed by atoms with van der Waals surface area (Å²) in [6.45, 7) is 6.57. The second-order valence-electron chi connectivity index (χ2n) is 12.8. The third-order valence-electron chi connectivity index (χ3n) is 7.95. The third-order valence-corrected chi connectivity index (χ3v) is 7.95. The van der Waals surface area contributed by atoms with Crippen molar-refractivity contribution in [2.45, 2.75) is 101 Å². The van der Waals surface area contributed by atoms with Gasteiger partial charge in [-0.05, 0) is 19.8 Å². The molecule has 0 aliphatic rings. The Morgan fingerprint density at radius 1 is 0.582 bits per heavy atom. The van der Waals surface area contributed by atoms with Crippen LogP contribution < -0.4 is 0 Å². The van der Waals surface area contributed by atoms with E-state index in [1.54, 1.807) is 6.92 Å². The molecule has 55 heavy (non-hydrogen) atoms. The Hall–Kier alpha value is -3.33. The van der Waals surface area contributed by atoms with E-state index in [9.17, 15) is 58.3 Å². The smallest absolute Gasteiger partial charge is 0.384 e. The molecule has 21 heteroatoms. The number of carbonyl (C=O) groups is 3. The van der Waals surface area contributed by atoms with Crippen LogP contribution in [0.2, 0.25) is 0 Å². The van der Waals surface area contributed by atoms with Gasteiger partial charge in [0.25, 0.3) is 0 Å². The Morgan fingerprint density at radius 2 is 1.00 bits per heavy atom. The zero-order valence-corrected chi connectivity index (χ0v) is 30.5. The van der Waals surface area contributed by atoms with Crippen molar-refractivity contribution in [3.63, 3.8) is 0 Å². The lowest BCUT2D eigenvalue weighted by Crippen LogP contribution is -2.70. The number of unbranched alkanes of at least 4 members (excludes halogenated alkanes) is 4. The lowest BCUT2D eigenvalue weighted by Gasteiger charge is -2.42. The largest absolute Gasteiger partial charge is 0.461 e. The van der Waals surface area contributed by atoms with Crippen LogP contribution in [0.3, 0.4) is 0 Å². The lowest BCUT2D eigenvalue weighted by atomic mass is 9.81. The SMILES string of the molecule is C=C(C)C(=O)OCC(CCC(F)(F)C(F)(F)C(F)(F)C(F)(F)C(F)(F)C(F)(F)CCCCCCC)(COC(=O)C(=C)COC)COC(=O)C(=C)COCCO. The molecule has 0 aromatic rings. The van der Waals surface area contributed by atoms with Crippen molar-refractivity contribution in [3.05, 3.63) is 36.5 Å². The number of esters is 3. The molecule has 0 radical (unpaired) electrons. The van der Waals surface area contributed by atoms with Crippen molar-refractivity contribution < 1.29 is 95.9 Å². The van der Waals surface area contributed by atoms with Gasteiger partial charge in [-0.2, -0.15) is 52.7 Å². The molecule has 0 heterocycles. The Bertz CT molecular complexity index is 1320. The van der Waals surface area contributed by atoms with Crippen molar-refractivity contribution >= 4 is 17.9 Å². The van der Waals surface area contributed by atoms with Gasteiger partial charge in [-0.3, -0.25) is 0 Å². The van der Waals surface area contributed by atoms with Crippen molar-refractivity contribution in [3.8, 4) is 0 Å². The van der Waals surface area contributed by atoms with Crippen LogP contribution in [0, 0.1) is 5.41 Å². The molecule has 0 aliphatic heterocycles. The van der Waals surface area contributed by atoms with Crippen molar-refractivity contribution in [2.24, 2.45) is 5.41 Å². The summed E-state index contributed by atoms with van der Waals surface area (Å²) in [5, 5.41) is 8.81. The van der Waals surface area contributed by atoms with Gasteiger partial charge in [0.1, 0.15) is 19.8 Å². The first-order valence-electron chi connectivity index (χ1n) is 16.5. The number of carbonyl (C=O) groups excluding carboxylic acids is 3. The topological polar surface area (TPSA) is 118 Å². The first kappa shape index (κ1) is 51.7. The van der Waals surface area contributed by atoms with Crippen LogP contribution in [0.5, 0.6) is 0 Å². The van der Waals surface area contributed by atoms with Gasteiger partial charge in [0, 0.05) is 25.5 Å². The average Bonchev–Trinajstić information content (AvgIpc) is 3.09. The first-order valence-corrected chi connectivity index (χ1v) is 16.5. The van der Waals surface area contributed by atoms with Crippen molar-refractivity contribution in [2.75, 3.05) is 53.4 Å². The summed E-state index contributed by atoms with van der Waals surface area (Å²) in [5.74, 6) is -47.0. The number of alkyl halides is 12. The molecule has 1 N–H and O–H groups in total. The second kappa shape index (κ2) is 21.3. The number of ether oxygens (including phenoxy) is 5. The summed E-state index contributed by atoms with van der Waals surface area (Å²) < 4.78 is 201. The molecule has 1 unspecified atom stereocenters. The maximum atomic E-state index is 15.2. The fraction of sp³-hybridized carbons (Fsp3) is 0.735. The van der Waals surface area contributed by atoms with E-state index in [4.69, 9.17) is 24.1 Å². The summed E-state index contributed by atoms with van der Waals surface area (Å²) in [5.41, 5.74) is -4.01. The van der Waals surface area contributed by atoms with E-state index in [2.05, 4.69) is 24.5 Å². The number of aliphatic hydroxyl groups excluding tert-OH is 1. The highest BCUT2D eigenvalue weighted by Gasteiger charge is 2.89. The Kier molecular flexibility index (Phi) is 20.0. The molecule has 9 nitrogen and oxygen atoms in total. The molecule has 0 aromatic heterocycles. The molecule has 320 valence electrons. The number of methoxy groups -OCH3 is 1. The summed E-state index contributed by atoms with van der Waals surface area (Å²) in [7, 11) is 1.10. The molecule has 0 saturated carbocycles. The van der Waals surface area contributed by atoms with Crippen LogP contribution in [-0.4, -0.2) is 112 Å². The van der Waals surface area contributed by atoms with Gasteiger partial charge < -0.3 is 28.8 Å². The van der Waals surface area contributed by atoms with Gasteiger partial charge in [-0.25, -0.2) is 14.4 Å². The minimum Gasteiger partial charge on any atom is -0.461 e. The molecule has 0 amide bonds. The Balaban J connectivity index is 6.87. The minimum absolute atomic E-state index is 0.150. The quantitative estimate of drug-likeness (QED) is 0.0264. The molecular weight excluding hydrogens is 780 g/mol. The highest BCUT2D eigenvalue weighted by molar-refractivity contribution is 5.88. The van der Waals surface area contributed by atoms with Crippen LogP contribution in [0.4, 0.5) is 52.7 Å². The van der Waals surface area contributed by atoms with Gasteiger partial charge in [-0.1, -0.05) is 52.3 Å². The predicted octanol–water partition coefficient (Wildman–Crippen LogP) is 7.90. The van der Waals surface area contributed by atoms with E-state index in [0.717, 1.165) is 14.0 Å². The normalized spacial score (nSPS) is 14.2. The molecular formula is C34H46F12O9. The molecule has 0 bridgehead atoms. The van der Waals surface area contributed by atoms with Gasteiger partial charge in [0.05, 0.1) is 43.0 Å². The molecule has 0 aliphatic carbocycles. The van der Waals surface area contributed by atoms with E-state index in [0.29, 0.717) is 12.8 Å². The fourth-order valence-corrected chi connectivity index (χ4v) is 4.42. The summed E-state index contributed by atoms with van der Waals surface area (Å²) in [6.07, 6.45) is -6.76. The van der Waals surface area contributed by atoms with E-state index in [1.165, 1.54) is 0 Å². The zero-order chi connectivity index (χ0) is 43.1. The molecule has 1 atom stereocenters. The van der Waals surface area contributed by atoms with Gasteiger partial charge in [-0.15, -0.1) is 0 Å². The monoisotopic (exact) mass is 826 g/mol. The van der Waals surface area contributed by atoms with Gasteiger partial charge in [0.15, 0.2) is 0 Å². The van der Waals surface area contributed by atoms with Crippen molar-refractivity contribution in [1.82, 2.24) is 0 Å². The van der Waals surface area contributed by atoms with E-state index in [-0.39, 0.29) is 25.0 Å². The Labute approximate surface area is 310 Å².